The number of rotatable bonds is 2. The maximum absolute atomic E-state index is 13.3. The minimum absolute atomic E-state index is 0.00991. The van der Waals surface area contributed by atoms with E-state index < -0.39 is 16.4 Å². The highest BCUT2D eigenvalue weighted by molar-refractivity contribution is 14.1. The maximum Gasteiger partial charge on any atom is 0.305 e. The number of benzene rings is 1. The number of hydrogen-bond donors (Lipinski definition) is 0. The van der Waals surface area contributed by atoms with Crippen LogP contribution in [0, 0.1) is 19.5 Å². The van der Waals surface area contributed by atoms with Crippen LogP contribution in [0.15, 0.2) is 12.1 Å². The van der Waals surface area contributed by atoms with Gasteiger partial charge in [-0.2, -0.15) is 4.39 Å². The van der Waals surface area contributed by atoms with Gasteiger partial charge in [0.1, 0.15) is 0 Å². The lowest BCUT2D eigenvalue weighted by atomic mass is 10.1. The van der Waals surface area contributed by atoms with Crippen LogP contribution < -0.4 is 0 Å². The number of hydrogen-bond acceptors (Lipinski definition) is 3. The van der Waals surface area contributed by atoms with Crippen LogP contribution in [0.5, 0.6) is 0 Å². The Morgan fingerprint density at radius 2 is 2.14 bits per heavy atom. The normalized spacial score (nSPS) is 9.93. The largest absolute Gasteiger partial charge is 0.305 e. The Labute approximate surface area is 92.4 Å². The highest BCUT2D eigenvalue weighted by atomic mass is 127. The standard InChI is InChI=1S/C8H5FINO3/c1-4(12)5-2-3-6(11(13)14)7(9)8(5)10/h2-3H,1H3. The SMILES string of the molecule is CC(=O)c1ccc([N+](=O)[O-])c(F)c1I. The summed E-state index contributed by atoms with van der Waals surface area (Å²) in [6.45, 7) is 1.28. The van der Waals surface area contributed by atoms with E-state index in [1.165, 1.54) is 13.0 Å². The van der Waals surface area contributed by atoms with E-state index in [1.807, 2.05) is 0 Å². The minimum Gasteiger partial charge on any atom is -0.294 e. The molecule has 14 heavy (non-hydrogen) atoms. The third-order valence-corrected chi connectivity index (χ3v) is 2.69. The van der Waals surface area contributed by atoms with Gasteiger partial charge >= 0.3 is 5.69 Å². The number of nitro groups is 1. The van der Waals surface area contributed by atoms with Crippen LogP contribution in [0.1, 0.15) is 17.3 Å². The van der Waals surface area contributed by atoms with Crippen molar-refractivity contribution in [3.63, 3.8) is 0 Å². The molecule has 0 aliphatic heterocycles. The maximum atomic E-state index is 13.3. The zero-order valence-corrected chi connectivity index (χ0v) is 9.24. The van der Waals surface area contributed by atoms with Crippen LogP contribution in [0.3, 0.4) is 0 Å². The van der Waals surface area contributed by atoms with E-state index in [0.717, 1.165) is 6.07 Å². The van der Waals surface area contributed by atoms with E-state index in [0.29, 0.717) is 0 Å². The number of ketones is 1. The zero-order chi connectivity index (χ0) is 10.9. The van der Waals surface area contributed by atoms with Crippen molar-refractivity contribution < 1.29 is 14.1 Å². The first kappa shape index (κ1) is 11.0. The average Bonchev–Trinajstić information content (AvgIpc) is 2.08. The quantitative estimate of drug-likeness (QED) is 0.365. The molecule has 1 aromatic carbocycles. The summed E-state index contributed by atoms with van der Waals surface area (Å²) in [6.07, 6.45) is 0. The van der Waals surface area contributed by atoms with E-state index >= 15 is 0 Å². The summed E-state index contributed by atoms with van der Waals surface area (Å²) in [5.74, 6) is -1.27. The molecule has 0 amide bonds. The van der Waals surface area contributed by atoms with Gasteiger partial charge in [-0.25, -0.2) is 0 Å². The first-order chi connectivity index (χ1) is 6.45. The Hall–Kier alpha value is -1.05. The third kappa shape index (κ3) is 1.89. The Morgan fingerprint density at radius 1 is 1.57 bits per heavy atom. The number of nitrogens with zero attached hydrogens (tertiary/aromatic N) is 1. The minimum atomic E-state index is -0.955. The van der Waals surface area contributed by atoms with Crippen LogP contribution in [0.25, 0.3) is 0 Å². The molecule has 4 nitrogen and oxygen atoms in total. The Balaban J connectivity index is 3.41. The van der Waals surface area contributed by atoms with Gasteiger partial charge in [-0.15, -0.1) is 0 Å². The summed E-state index contributed by atoms with van der Waals surface area (Å²) in [5.41, 5.74) is -0.451. The fourth-order valence-electron chi connectivity index (χ4n) is 0.952. The predicted octanol–water partition coefficient (Wildman–Crippen LogP) is 2.54. The van der Waals surface area contributed by atoms with Gasteiger partial charge in [0.15, 0.2) is 5.78 Å². The molecule has 0 saturated carbocycles. The molecule has 0 radical (unpaired) electrons. The summed E-state index contributed by atoms with van der Waals surface area (Å²) < 4.78 is 13.3. The summed E-state index contributed by atoms with van der Waals surface area (Å²) in [5, 5.41) is 10.3. The second-order valence-electron chi connectivity index (χ2n) is 2.57. The second-order valence-corrected chi connectivity index (χ2v) is 3.65. The monoisotopic (exact) mass is 309 g/mol. The number of carbonyl (C=O) groups excluding carboxylic acids is 1. The van der Waals surface area contributed by atoms with Crippen molar-refractivity contribution >= 4 is 34.1 Å². The zero-order valence-electron chi connectivity index (χ0n) is 7.08. The van der Waals surface area contributed by atoms with E-state index in [9.17, 15) is 19.3 Å². The molecule has 0 aliphatic carbocycles. The fraction of sp³-hybridized carbons (Fsp3) is 0.125. The Bertz CT molecular complexity index is 380. The third-order valence-electron chi connectivity index (χ3n) is 1.64. The van der Waals surface area contributed by atoms with Crippen LogP contribution in [0.4, 0.5) is 10.1 Å². The van der Waals surface area contributed by atoms with Gasteiger partial charge in [-0.3, -0.25) is 14.9 Å². The van der Waals surface area contributed by atoms with Crippen molar-refractivity contribution in [1.82, 2.24) is 0 Å². The molecule has 0 atom stereocenters. The highest BCUT2D eigenvalue weighted by Crippen LogP contribution is 2.25. The molecular formula is C8H5FINO3. The molecule has 0 aromatic heterocycles. The molecule has 74 valence electrons. The molecule has 1 rings (SSSR count). The molecule has 1 aromatic rings. The molecule has 0 aliphatic rings. The van der Waals surface area contributed by atoms with E-state index in [4.69, 9.17) is 0 Å². The molecule has 0 saturated heterocycles. The van der Waals surface area contributed by atoms with Crippen LogP contribution in [0.2, 0.25) is 0 Å². The molecule has 0 bridgehead atoms. The van der Waals surface area contributed by atoms with Gasteiger partial charge in [-0.05, 0) is 35.6 Å². The molecule has 0 heterocycles. The smallest absolute Gasteiger partial charge is 0.294 e. The van der Waals surface area contributed by atoms with Crippen LogP contribution >= 0.6 is 22.6 Å². The van der Waals surface area contributed by atoms with Gasteiger partial charge in [-0.1, -0.05) is 0 Å². The Kier molecular flexibility index (Phi) is 3.14. The van der Waals surface area contributed by atoms with E-state index in [-0.39, 0.29) is 14.9 Å². The van der Waals surface area contributed by atoms with Crippen molar-refractivity contribution in [2.75, 3.05) is 0 Å². The molecule has 0 fully saturated rings. The van der Waals surface area contributed by atoms with Gasteiger partial charge in [0.25, 0.3) is 0 Å². The number of carbonyl (C=O) groups is 1. The fourth-order valence-corrected chi connectivity index (χ4v) is 1.79. The first-order valence-electron chi connectivity index (χ1n) is 3.58. The van der Waals surface area contributed by atoms with Gasteiger partial charge < -0.3 is 0 Å². The van der Waals surface area contributed by atoms with Gasteiger partial charge in [0.2, 0.25) is 5.82 Å². The highest BCUT2D eigenvalue weighted by Gasteiger charge is 2.20. The van der Waals surface area contributed by atoms with Crippen molar-refractivity contribution in [3.8, 4) is 0 Å². The Morgan fingerprint density at radius 3 is 2.57 bits per heavy atom. The van der Waals surface area contributed by atoms with E-state index in [2.05, 4.69) is 0 Å². The van der Waals surface area contributed by atoms with Crippen molar-refractivity contribution in [2.24, 2.45) is 0 Å². The van der Waals surface area contributed by atoms with E-state index in [1.54, 1.807) is 22.6 Å². The molecule has 0 unspecified atom stereocenters. The lowest BCUT2D eigenvalue weighted by Gasteiger charge is -2.01. The number of nitro benzene ring substituents is 1. The van der Waals surface area contributed by atoms with Gasteiger partial charge in [0.05, 0.1) is 8.49 Å². The van der Waals surface area contributed by atoms with Crippen LogP contribution in [-0.2, 0) is 0 Å². The summed E-state index contributed by atoms with van der Waals surface area (Å²) in [4.78, 5) is 20.5. The topological polar surface area (TPSA) is 60.2 Å². The van der Waals surface area contributed by atoms with Crippen molar-refractivity contribution in [2.45, 2.75) is 6.92 Å². The molecule has 0 spiro atoms. The second kappa shape index (κ2) is 3.99. The lowest BCUT2D eigenvalue weighted by molar-refractivity contribution is -0.387. The van der Waals surface area contributed by atoms with Crippen molar-refractivity contribution in [1.29, 1.82) is 0 Å². The molecule has 6 heteroatoms. The average molecular weight is 309 g/mol. The first-order valence-corrected chi connectivity index (χ1v) is 4.66. The summed E-state index contributed by atoms with van der Waals surface area (Å²) in [7, 11) is 0. The number of Topliss-reactive ketones (excluding diaryl/α,β-unsaturated/α-hetero) is 1. The lowest BCUT2D eigenvalue weighted by Crippen LogP contribution is -2.02. The summed E-state index contributed by atoms with van der Waals surface area (Å²) >= 11 is 1.58. The number of halogens is 2. The summed E-state index contributed by atoms with van der Waals surface area (Å²) in [6, 6.07) is 2.25. The molecule has 0 N–H and O–H groups in total. The molecular weight excluding hydrogens is 304 g/mol. The van der Waals surface area contributed by atoms with Crippen LogP contribution in [-0.4, -0.2) is 10.7 Å². The van der Waals surface area contributed by atoms with Crippen molar-refractivity contribution in [3.05, 3.63) is 37.2 Å². The predicted molar refractivity (Wildman–Crippen MR) is 55.8 cm³/mol. The van der Waals surface area contributed by atoms with Gasteiger partial charge in [0, 0.05) is 11.6 Å².